The number of benzene rings is 2. The predicted octanol–water partition coefficient (Wildman–Crippen LogP) is 6.33. The maximum atomic E-state index is 14.6. The largest absolute Gasteiger partial charge is 0.491 e. The van der Waals surface area contributed by atoms with Gasteiger partial charge >= 0.3 is 6.18 Å². The van der Waals surface area contributed by atoms with Gasteiger partial charge in [0.15, 0.2) is 5.82 Å². The van der Waals surface area contributed by atoms with Crippen molar-refractivity contribution in [3.63, 3.8) is 0 Å². The van der Waals surface area contributed by atoms with E-state index in [2.05, 4.69) is 17.0 Å². The number of anilines is 1. The Kier molecular flexibility index (Phi) is 8.06. The maximum Gasteiger partial charge on any atom is 0.417 e. The van der Waals surface area contributed by atoms with E-state index >= 15 is 0 Å². The molecule has 2 amide bonds. The first-order valence-corrected chi connectivity index (χ1v) is 13.6. The Hall–Kier alpha value is -3.86. The Labute approximate surface area is 249 Å². The van der Waals surface area contributed by atoms with Crippen LogP contribution in [0.2, 0.25) is 10.0 Å². The highest BCUT2D eigenvalue weighted by Crippen LogP contribution is 2.57. The fourth-order valence-electron chi connectivity index (χ4n) is 5.71. The number of aliphatic hydroxyl groups is 1. The number of halogens is 5. The molecule has 2 N–H and O–H groups in total. The van der Waals surface area contributed by atoms with Crippen LogP contribution in [0.4, 0.5) is 19.0 Å². The van der Waals surface area contributed by atoms with Crippen molar-refractivity contribution in [3.05, 3.63) is 112 Å². The lowest BCUT2D eigenvalue weighted by atomic mass is 9.56. The van der Waals surface area contributed by atoms with Crippen LogP contribution in [0.1, 0.15) is 29.0 Å². The summed E-state index contributed by atoms with van der Waals surface area (Å²) in [4.78, 5) is 32.3. The summed E-state index contributed by atoms with van der Waals surface area (Å²) in [5.74, 6) is -2.61. The van der Waals surface area contributed by atoms with Crippen molar-refractivity contribution < 1.29 is 32.6 Å². The van der Waals surface area contributed by atoms with Gasteiger partial charge in [-0.2, -0.15) is 18.2 Å². The van der Waals surface area contributed by atoms with Gasteiger partial charge in [0.05, 0.1) is 28.5 Å². The number of amides is 2. The number of fused-ring (bicyclic) bond motifs is 1. The quantitative estimate of drug-likeness (QED) is 0.287. The highest BCUT2D eigenvalue weighted by Gasteiger charge is 2.66. The van der Waals surface area contributed by atoms with Gasteiger partial charge in [0.25, 0.3) is 11.8 Å². The van der Waals surface area contributed by atoms with E-state index in [0.29, 0.717) is 39.7 Å². The van der Waals surface area contributed by atoms with E-state index in [4.69, 9.17) is 33.0 Å². The van der Waals surface area contributed by atoms with Crippen LogP contribution in [0.15, 0.2) is 85.1 Å². The number of rotatable bonds is 8. The number of hydrogen-bond donors (Lipinski definition) is 2. The van der Waals surface area contributed by atoms with Gasteiger partial charge in [-0.25, -0.2) is 4.98 Å². The third kappa shape index (κ3) is 5.04. The molecule has 1 saturated heterocycles. The first-order chi connectivity index (χ1) is 20.0. The molecule has 3 atom stereocenters. The number of imide groups is 1. The van der Waals surface area contributed by atoms with E-state index in [1.807, 2.05) is 6.08 Å². The van der Waals surface area contributed by atoms with E-state index in [0.717, 1.165) is 5.01 Å². The molecule has 1 aliphatic carbocycles. The summed E-state index contributed by atoms with van der Waals surface area (Å²) >= 11 is 12.3. The van der Waals surface area contributed by atoms with Gasteiger partial charge in [0, 0.05) is 17.1 Å². The lowest BCUT2D eigenvalue weighted by Crippen LogP contribution is -2.48. The number of aliphatic hydroxyl groups excluding tert-OH is 1. The topological polar surface area (TPSA) is 91.8 Å². The minimum absolute atomic E-state index is 0.103. The molecule has 3 aromatic rings. The van der Waals surface area contributed by atoms with Crippen LogP contribution in [-0.2, 0) is 21.2 Å². The summed E-state index contributed by atoms with van der Waals surface area (Å²) in [5.41, 5.74) is 1.94. The zero-order valence-corrected chi connectivity index (χ0v) is 23.4. The van der Waals surface area contributed by atoms with Gasteiger partial charge in [0.2, 0.25) is 0 Å². The molecule has 12 heteroatoms. The van der Waals surface area contributed by atoms with Crippen molar-refractivity contribution in [1.29, 1.82) is 0 Å². The summed E-state index contributed by atoms with van der Waals surface area (Å²) in [6.45, 7) is 3.90. The number of carbonyl (C=O) groups is 2. The van der Waals surface area contributed by atoms with E-state index < -0.39 is 45.8 Å². The van der Waals surface area contributed by atoms with Gasteiger partial charge in [0.1, 0.15) is 12.4 Å². The van der Waals surface area contributed by atoms with Crippen LogP contribution >= 0.6 is 23.2 Å². The summed E-state index contributed by atoms with van der Waals surface area (Å²) < 4.78 is 45.0. The molecule has 7 nitrogen and oxygen atoms in total. The molecule has 1 aromatic heterocycles. The fourth-order valence-corrected chi connectivity index (χ4v) is 6.05. The van der Waals surface area contributed by atoms with Crippen LogP contribution in [0.3, 0.4) is 0 Å². The molecular formula is C30H24Cl2F3N3O4. The summed E-state index contributed by atoms with van der Waals surface area (Å²) in [7, 11) is 0. The first kappa shape index (κ1) is 29.6. The number of nitrogens with one attached hydrogen (secondary N) is 1. The zero-order valence-electron chi connectivity index (χ0n) is 21.9. The second-order valence-electron chi connectivity index (χ2n) is 9.79. The van der Waals surface area contributed by atoms with Crippen molar-refractivity contribution in [2.24, 2.45) is 5.92 Å². The summed E-state index contributed by atoms with van der Waals surface area (Å²) in [6.07, 6.45) is -0.431. The van der Waals surface area contributed by atoms with Crippen LogP contribution in [-0.4, -0.2) is 40.1 Å². The highest BCUT2D eigenvalue weighted by molar-refractivity contribution is 6.33. The number of carbonyl (C=O) groups excluding carboxylic acids is 2. The molecule has 0 unspecified atom stereocenters. The Balaban J connectivity index is 1.64. The van der Waals surface area contributed by atoms with Gasteiger partial charge in [-0.3, -0.25) is 15.0 Å². The standard InChI is InChI=1S/C30H24Cl2F3N3O4/c1-2-17-5-12-23-27(40)38(37-26-24(32)15-20(16-36-26)30(33,34)35)28(41)29(23,19-6-8-21(31)9-7-19)25(17)18-3-10-22(11-4-18)42-14-13-39/h2-11,15-16,23,25,39H,1,12-14H2,(H,36,37)/t23-,25+,29+/m0/s1. The molecule has 0 spiro atoms. The normalized spacial score (nSPS) is 22.0. The number of allylic oxidation sites excluding steroid dienone is 3. The van der Waals surface area contributed by atoms with E-state index in [1.54, 1.807) is 54.6 Å². The molecule has 2 heterocycles. The number of alkyl halides is 3. The van der Waals surface area contributed by atoms with Gasteiger partial charge in [-0.1, -0.05) is 66.2 Å². The Bertz CT molecular complexity index is 1560. The fraction of sp³-hybridized carbons (Fsp3) is 0.233. The van der Waals surface area contributed by atoms with E-state index in [9.17, 15) is 22.8 Å². The molecule has 2 aromatic carbocycles. The van der Waals surface area contributed by atoms with Crippen LogP contribution in [0, 0.1) is 5.92 Å². The van der Waals surface area contributed by atoms with Crippen LogP contribution < -0.4 is 10.2 Å². The van der Waals surface area contributed by atoms with Crippen molar-refractivity contribution in [2.45, 2.75) is 23.9 Å². The van der Waals surface area contributed by atoms with Gasteiger partial charge in [-0.15, -0.1) is 0 Å². The number of nitrogens with zero attached hydrogens (tertiary/aromatic N) is 2. The minimum atomic E-state index is -4.68. The average Bonchev–Trinajstić information content (AvgIpc) is 3.18. The van der Waals surface area contributed by atoms with Crippen molar-refractivity contribution in [3.8, 4) is 5.75 Å². The lowest BCUT2D eigenvalue weighted by Gasteiger charge is -2.43. The second kappa shape index (κ2) is 11.4. The Morgan fingerprint density at radius 1 is 1.14 bits per heavy atom. The molecule has 0 bridgehead atoms. The molecule has 0 saturated carbocycles. The van der Waals surface area contributed by atoms with E-state index in [1.165, 1.54) is 0 Å². The number of hydrazine groups is 1. The van der Waals surface area contributed by atoms with Crippen molar-refractivity contribution in [2.75, 3.05) is 18.6 Å². The molecule has 2 aliphatic rings. The van der Waals surface area contributed by atoms with Crippen molar-refractivity contribution in [1.82, 2.24) is 9.99 Å². The van der Waals surface area contributed by atoms with E-state index in [-0.39, 0.29) is 25.5 Å². The maximum absolute atomic E-state index is 14.6. The lowest BCUT2D eigenvalue weighted by molar-refractivity contribution is -0.139. The average molecular weight is 618 g/mol. The van der Waals surface area contributed by atoms with Gasteiger partial charge in [-0.05, 0) is 53.5 Å². The first-order valence-electron chi connectivity index (χ1n) is 12.8. The number of aromatic nitrogens is 1. The summed E-state index contributed by atoms with van der Waals surface area (Å²) in [6, 6.07) is 14.2. The third-order valence-electron chi connectivity index (χ3n) is 7.52. The Morgan fingerprint density at radius 3 is 2.43 bits per heavy atom. The molecule has 42 heavy (non-hydrogen) atoms. The predicted molar refractivity (Wildman–Crippen MR) is 151 cm³/mol. The number of pyridine rings is 1. The van der Waals surface area contributed by atoms with Crippen molar-refractivity contribution >= 4 is 40.8 Å². The zero-order chi connectivity index (χ0) is 30.2. The second-order valence-corrected chi connectivity index (χ2v) is 10.6. The number of hydrogen-bond acceptors (Lipinski definition) is 6. The number of ether oxygens (including phenoxy) is 1. The third-order valence-corrected chi connectivity index (χ3v) is 8.06. The monoisotopic (exact) mass is 617 g/mol. The molecule has 1 fully saturated rings. The molecule has 5 rings (SSSR count). The minimum Gasteiger partial charge on any atom is -0.491 e. The molecule has 1 aliphatic heterocycles. The highest BCUT2D eigenvalue weighted by atomic mass is 35.5. The molecule has 0 radical (unpaired) electrons. The van der Waals surface area contributed by atoms with Gasteiger partial charge < -0.3 is 9.84 Å². The molecule has 218 valence electrons. The van der Waals surface area contributed by atoms with Crippen LogP contribution in [0.25, 0.3) is 0 Å². The SMILES string of the molecule is C=CC1=CC[C@H]2C(=O)N(Nc3ncc(C(F)(F)F)cc3Cl)C(=O)[C@@]2(c2ccc(Cl)cc2)[C@H]1c1ccc(OCCO)cc1. The summed E-state index contributed by atoms with van der Waals surface area (Å²) in [5, 5.41) is 9.89. The van der Waals surface area contributed by atoms with Crippen LogP contribution in [0.5, 0.6) is 5.75 Å². The smallest absolute Gasteiger partial charge is 0.417 e. The molecular weight excluding hydrogens is 594 g/mol. The Morgan fingerprint density at radius 2 is 1.83 bits per heavy atom.